The Morgan fingerprint density at radius 1 is 1.06 bits per heavy atom. The first-order chi connectivity index (χ1) is 16.7. The molecular formula is C28H33FN4O. The Labute approximate surface area is 201 Å². The number of halogens is 1. The van der Waals surface area contributed by atoms with Crippen molar-refractivity contribution in [2.75, 3.05) is 6.54 Å². The summed E-state index contributed by atoms with van der Waals surface area (Å²) in [5.41, 5.74) is 2.25. The van der Waals surface area contributed by atoms with E-state index in [2.05, 4.69) is 44.0 Å². The molecule has 0 bridgehead atoms. The lowest BCUT2D eigenvalue weighted by Crippen LogP contribution is -2.59. The standard InChI is InChI=1S/C28H33FN4O/c29-23-12-10-21(11-13-23)19-33-26-9-4-8-25(31-14-5-16-32-17-15-30-20-32)28(26)24(18-27(33)34)22-6-2-1-3-7-22/h1-3,6-7,10-13,15,17,20,24-26,28,31H,4-5,8-9,14,16,18-19H2/t24-,25+,26-,28+/m1/s1. The summed E-state index contributed by atoms with van der Waals surface area (Å²) < 4.78 is 15.6. The summed E-state index contributed by atoms with van der Waals surface area (Å²) in [7, 11) is 0. The fourth-order valence-corrected chi connectivity index (χ4v) is 5.98. The highest BCUT2D eigenvalue weighted by Crippen LogP contribution is 2.45. The molecule has 1 aliphatic carbocycles. The van der Waals surface area contributed by atoms with Crippen molar-refractivity contribution in [1.82, 2.24) is 19.8 Å². The van der Waals surface area contributed by atoms with Crippen molar-refractivity contribution in [2.24, 2.45) is 5.92 Å². The Kier molecular flexibility index (Phi) is 7.05. The minimum atomic E-state index is -0.242. The van der Waals surface area contributed by atoms with Crippen LogP contribution in [0.4, 0.5) is 4.39 Å². The van der Waals surface area contributed by atoms with E-state index in [0.29, 0.717) is 24.9 Å². The number of fused-ring (bicyclic) bond motifs is 1. The summed E-state index contributed by atoms with van der Waals surface area (Å²) in [6, 6.07) is 17.7. The molecule has 2 aromatic carbocycles. The number of hydrogen-bond donors (Lipinski definition) is 1. The fourth-order valence-electron chi connectivity index (χ4n) is 5.98. The van der Waals surface area contributed by atoms with Crippen molar-refractivity contribution < 1.29 is 9.18 Å². The van der Waals surface area contributed by atoms with Crippen molar-refractivity contribution in [3.8, 4) is 0 Å². The highest BCUT2D eigenvalue weighted by atomic mass is 19.1. The molecular weight excluding hydrogens is 427 g/mol. The Hall–Kier alpha value is -2.99. The van der Waals surface area contributed by atoms with E-state index in [1.807, 2.05) is 24.8 Å². The molecule has 2 heterocycles. The Morgan fingerprint density at radius 3 is 2.65 bits per heavy atom. The fraction of sp³-hybridized carbons (Fsp3) is 0.429. The quantitative estimate of drug-likeness (QED) is 0.494. The van der Waals surface area contributed by atoms with E-state index in [-0.39, 0.29) is 23.7 Å². The average molecular weight is 461 g/mol. The van der Waals surface area contributed by atoms with Crippen molar-refractivity contribution in [1.29, 1.82) is 0 Å². The van der Waals surface area contributed by atoms with Crippen LogP contribution >= 0.6 is 0 Å². The largest absolute Gasteiger partial charge is 0.337 e. The zero-order chi connectivity index (χ0) is 23.3. The number of aromatic nitrogens is 2. The molecule has 3 aromatic rings. The van der Waals surface area contributed by atoms with Gasteiger partial charge in [-0.2, -0.15) is 0 Å². The molecule has 178 valence electrons. The van der Waals surface area contributed by atoms with E-state index in [1.54, 1.807) is 12.1 Å². The van der Waals surface area contributed by atoms with Gasteiger partial charge in [0.15, 0.2) is 0 Å². The number of nitrogens with one attached hydrogen (secondary N) is 1. The molecule has 5 rings (SSSR count). The van der Waals surface area contributed by atoms with Crippen LogP contribution in [0.2, 0.25) is 0 Å². The number of carbonyl (C=O) groups is 1. The first-order valence-electron chi connectivity index (χ1n) is 12.5. The Morgan fingerprint density at radius 2 is 1.88 bits per heavy atom. The van der Waals surface area contributed by atoms with Crippen LogP contribution < -0.4 is 5.32 Å². The zero-order valence-electron chi connectivity index (χ0n) is 19.5. The van der Waals surface area contributed by atoms with Crippen molar-refractivity contribution in [2.45, 2.75) is 63.2 Å². The molecule has 1 saturated heterocycles. The van der Waals surface area contributed by atoms with Gasteiger partial charge < -0.3 is 14.8 Å². The topological polar surface area (TPSA) is 50.2 Å². The number of rotatable bonds is 8. The molecule has 0 radical (unpaired) electrons. The van der Waals surface area contributed by atoms with Crippen LogP contribution in [0.3, 0.4) is 0 Å². The van der Waals surface area contributed by atoms with E-state index in [0.717, 1.165) is 44.3 Å². The second kappa shape index (κ2) is 10.5. The van der Waals surface area contributed by atoms with Gasteiger partial charge in [0.05, 0.1) is 6.33 Å². The summed E-state index contributed by atoms with van der Waals surface area (Å²) in [5.74, 6) is 0.547. The van der Waals surface area contributed by atoms with Crippen LogP contribution in [0.5, 0.6) is 0 Å². The lowest BCUT2D eigenvalue weighted by Gasteiger charge is -2.51. The minimum absolute atomic E-state index is 0.191. The molecule has 34 heavy (non-hydrogen) atoms. The molecule has 0 unspecified atom stereocenters. The molecule has 4 atom stereocenters. The highest BCUT2D eigenvalue weighted by molar-refractivity contribution is 5.79. The monoisotopic (exact) mass is 460 g/mol. The molecule has 0 spiro atoms. The predicted molar refractivity (Wildman–Crippen MR) is 131 cm³/mol. The first-order valence-corrected chi connectivity index (χ1v) is 12.5. The molecule has 1 amide bonds. The number of nitrogens with zero attached hydrogens (tertiary/aromatic N) is 3. The number of likely N-dealkylation sites (tertiary alicyclic amines) is 1. The number of carbonyl (C=O) groups excluding carboxylic acids is 1. The molecule has 1 aromatic heterocycles. The predicted octanol–water partition coefficient (Wildman–Crippen LogP) is 4.76. The van der Waals surface area contributed by atoms with Gasteiger partial charge in [-0.25, -0.2) is 9.37 Å². The van der Waals surface area contributed by atoms with Gasteiger partial charge in [-0.05, 0) is 61.4 Å². The van der Waals surface area contributed by atoms with Gasteiger partial charge in [0.25, 0.3) is 0 Å². The number of benzene rings is 2. The summed E-state index contributed by atoms with van der Waals surface area (Å²) in [6.07, 6.45) is 10.5. The van der Waals surface area contributed by atoms with Crippen LogP contribution in [0.1, 0.15) is 49.1 Å². The molecule has 1 aliphatic heterocycles. The third-order valence-electron chi connectivity index (χ3n) is 7.56. The summed E-state index contributed by atoms with van der Waals surface area (Å²) in [4.78, 5) is 19.6. The van der Waals surface area contributed by atoms with Gasteiger partial charge in [0.2, 0.25) is 5.91 Å². The highest BCUT2D eigenvalue weighted by Gasteiger charge is 2.47. The van der Waals surface area contributed by atoms with Crippen molar-refractivity contribution in [3.63, 3.8) is 0 Å². The zero-order valence-corrected chi connectivity index (χ0v) is 19.5. The van der Waals surface area contributed by atoms with Crippen LogP contribution in [0.25, 0.3) is 0 Å². The maximum Gasteiger partial charge on any atom is 0.223 e. The van der Waals surface area contributed by atoms with Crippen molar-refractivity contribution in [3.05, 3.63) is 90.3 Å². The summed E-state index contributed by atoms with van der Waals surface area (Å²) in [6.45, 7) is 2.44. The summed E-state index contributed by atoms with van der Waals surface area (Å²) >= 11 is 0. The second-order valence-electron chi connectivity index (χ2n) is 9.66. The molecule has 6 heteroatoms. The Bertz CT molecular complexity index is 1050. The van der Waals surface area contributed by atoms with E-state index in [9.17, 15) is 9.18 Å². The third kappa shape index (κ3) is 5.07. The average Bonchev–Trinajstić information content (AvgIpc) is 3.39. The minimum Gasteiger partial charge on any atom is -0.337 e. The SMILES string of the molecule is O=C1C[C@H](c2ccccc2)[C@H]2[C@@H](NCCCn3ccnc3)CCC[C@H]2N1Cc1ccc(F)cc1. The van der Waals surface area contributed by atoms with Gasteiger partial charge in [0.1, 0.15) is 5.82 Å². The molecule has 2 fully saturated rings. The molecule has 2 aliphatic rings. The number of hydrogen-bond acceptors (Lipinski definition) is 3. The molecule has 1 N–H and O–H groups in total. The normalized spacial score (nSPS) is 24.7. The van der Waals surface area contributed by atoms with Crippen LogP contribution in [0.15, 0.2) is 73.3 Å². The lowest BCUT2D eigenvalue weighted by molar-refractivity contribution is -0.143. The van der Waals surface area contributed by atoms with E-state index >= 15 is 0 Å². The Balaban J connectivity index is 1.35. The summed E-state index contributed by atoms with van der Waals surface area (Å²) in [5, 5.41) is 3.87. The second-order valence-corrected chi connectivity index (χ2v) is 9.66. The number of amides is 1. The van der Waals surface area contributed by atoms with Crippen LogP contribution in [-0.4, -0.2) is 39.0 Å². The van der Waals surface area contributed by atoms with E-state index < -0.39 is 0 Å². The maximum absolute atomic E-state index is 13.4. The van der Waals surface area contributed by atoms with Gasteiger partial charge >= 0.3 is 0 Å². The first kappa shape index (κ1) is 22.8. The maximum atomic E-state index is 13.4. The molecule has 5 nitrogen and oxygen atoms in total. The van der Waals surface area contributed by atoms with E-state index in [1.165, 1.54) is 17.7 Å². The van der Waals surface area contributed by atoms with Gasteiger partial charge in [-0.15, -0.1) is 0 Å². The van der Waals surface area contributed by atoms with Crippen molar-refractivity contribution >= 4 is 5.91 Å². The van der Waals surface area contributed by atoms with Crippen LogP contribution in [-0.2, 0) is 17.9 Å². The smallest absolute Gasteiger partial charge is 0.223 e. The number of piperidine rings is 1. The molecule has 1 saturated carbocycles. The van der Waals surface area contributed by atoms with Gasteiger partial charge in [-0.3, -0.25) is 4.79 Å². The van der Waals surface area contributed by atoms with Crippen LogP contribution in [0, 0.1) is 11.7 Å². The number of aryl methyl sites for hydroxylation is 1. The van der Waals surface area contributed by atoms with E-state index in [4.69, 9.17) is 0 Å². The van der Waals surface area contributed by atoms with Gasteiger partial charge in [0, 0.05) is 49.9 Å². The number of imidazole rings is 1. The van der Waals surface area contributed by atoms with Gasteiger partial charge in [-0.1, -0.05) is 42.5 Å². The third-order valence-corrected chi connectivity index (χ3v) is 7.56. The lowest BCUT2D eigenvalue weighted by atomic mass is 9.66.